The van der Waals surface area contributed by atoms with E-state index in [2.05, 4.69) is 4.90 Å². The van der Waals surface area contributed by atoms with E-state index in [1.807, 2.05) is 0 Å². The van der Waals surface area contributed by atoms with Gasteiger partial charge in [-0.2, -0.15) is 0 Å². The molecule has 4 heteroatoms. The van der Waals surface area contributed by atoms with Crippen LogP contribution in [0.3, 0.4) is 0 Å². The smallest absolute Gasteiger partial charge is 0.306 e. The summed E-state index contributed by atoms with van der Waals surface area (Å²) in [7, 11) is 0. The molecule has 2 spiro atoms. The van der Waals surface area contributed by atoms with E-state index >= 15 is 0 Å². The van der Waals surface area contributed by atoms with E-state index in [0.717, 1.165) is 37.8 Å². The Kier molecular flexibility index (Phi) is 3.31. The fourth-order valence-electron chi connectivity index (χ4n) is 6.49. The number of esters is 1. The first-order valence-corrected chi connectivity index (χ1v) is 10.0. The summed E-state index contributed by atoms with van der Waals surface area (Å²) in [6, 6.07) is 0. The first kappa shape index (κ1) is 15.2. The summed E-state index contributed by atoms with van der Waals surface area (Å²) in [4.78, 5) is 26.0. The molecular formula is C20H29NO3. The summed E-state index contributed by atoms with van der Waals surface area (Å²) in [5, 5.41) is 0. The Morgan fingerprint density at radius 3 is 2.29 bits per heavy atom. The van der Waals surface area contributed by atoms with Crippen molar-refractivity contribution < 1.29 is 14.3 Å². The molecule has 24 heavy (non-hydrogen) atoms. The highest BCUT2D eigenvalue weighted by Gasteiger charge is 2.58. The lowest BCUT2D eigenvalue weighted by atomic mass is 9.52. The van der Waals surface area contributed by atoms with Crippen molar-refractivity contribution in [3.63, 3.8) is 0 Å². The fraction of sp³-hybridized carbons (Fsp3) is 0.900. The second-order valence-corrected chi connectivity index (χ2v) is 9.70. The zero-order valence-corrected chi connectivity index (χ0v) is 14.6. The van der Waals surface area contributed by atoms with Crippen LogP contribution in [0.1, 0.15) is 64.2 Å². The Labute approximate surface area is 144 Å². The van der Waals surface area contributed by atoms with Crippen LogP contribution in [0.15, 0.2) is 0 Å². The molecule has 5 fully saturated rings. The monoisotopic (exact) mass is 331 g/mol. The number of nitrogens with zero attached hydrogens (tertiary/aromatic N) is 1. The van der Waals surface area contributed by atoms with Gasteiger partial charge < -0.3 is 9.64 Å². The Morgan fingerprint density at radius 2 is 1.67 bits per heavy atom. The maximum absolute atomic E-state index is 12.6. The third-order valence-electron chi connectivity index (χ3n) is 7.84. The summed E-state index contributed by atoms with van der Waals surface area (Å²) in [6.07, 6.45) is 12.2. The molecule has 4 nitrogen and oxygen atoms in total. The van der Waals surface area contributed by atoms with E-state index in [1.165, 1.54) is 44.9 Å². The molecule has 5 aliphatic rings. The molecular weight excluding hydrogens is 302 g/mol. The van der Waals surface area contributed by atoms with Crippen molar-refractivity contribution in [3.05, 3.63) is 0 Å². The van der Waals surface area contributed by atoms with E-state index in [9.17, 15) is 9.59 Å². The molecule has 0 unspecified atom stereocenters. The van der Waals surface area contributed by atoms with Gasteiger partial charge in [0.15, 0.2) is 0 Å². The molecule has 0 radical (unpaired) electrons. The maximum Gasteiger partial charge on any atom is 0.306 e. The Bertz CT molecular complexity index is 545. The molecule has 1 amide bonds. The number of cyclic esters (lactones) is 1. The predicted octanol–water partition coefficient (Wildman–Crippen LogP) is 3.15. The first-order valence-electron chi connectivity index (χ1n) is 10.0. The van der Waals surface area contributed by atoms with Crippen molar-refractivity contribution in [2.24, 2.45) is 28.6 Å². The van der Waals surface area contributed by atoms with Crippen molar-refractivity contribution in [3.8, 4) is 0 Å². The van der Waals surface area contributed by atoms with Gasteiger partial charge in [0.1, 0.15) is 0 Å². The number of amides is 1. The third kappa shape index (κ3) is 2.32. The van der Waals surface area contributed by atoms with Crippen LogP contribution in [-0.4, -0.2) is 36.5 Å². The van der Waals surface area contributed by atoms with Crippen molar-refractivity contribution in [2.75, 3.05) is 19.7 Å². The van der Waals surface area contributed by atoms with Crippen LogP contribution in [0, 0.1) is 28.6 Å². The van der Waals surface area contributed by atoms with Crippen molar-refractivity contribution in [1.82, 2.24) is 4.90 Å². The normalized spacial score (nSPS) is 32.3. The average Bonchev–Trinajstić information content (AvgIpc) is 2.86. The van der Waals surface area contributed by atoms with Gasteiger partial charge in [-0.1, -0.05) is 32.1 Å². The zero-order valence-electron chi connectivity index (χ0n) is 14.6. The molecule has 2 heterocycles. The molecule has 2 saturated heterocycles. The van der Waals surface area contributed by atoms with Gasteiger partial charge in [-0.15, -0.1) is 0 Å². The predicted molar refractivity (Wildman–Crippen MR) is 89.0 cm³/mol. The van der Waals surface area contributed by atoms with Gasteiger partial charge in [-0.25, -0.2) is 0 Å². The largest absolute Gasteiger partial charge is 0.465 e. The van der Waals surface area contributed by atoms with Gasteiger partial charge in [0.05, 0.1) is 13.0 Å². The molecule has 2 aliphatic heterocycles. The van der Waals surface area contributed by atoms with Crippen LogP contribution in [0.5, 0.6) is 0 Å². The number of hydrogen-bond donors (Lipinski definition) is 0. The van der Waals surface area contributed by atoms with E-state index in [4.69, 9.17) is 4.74 Å². The number of carbonyl (C=O) groups is 2. The third-order valence-corrected chi connectivity index (χ3v) is 7.84. The van der Waals surface area contributed by atoms with E-state index in [0.29, 0.717) is 24.3 Å². The molecule has 0 bridgehead atoms. The summed E-state index contributed by atoms with van der Waals surface area (Å²) in [5.41, 5.74) is 0.508. The highest BCUT2D eigenvalue weighted by atomic mass is 16.5. The van der Waals surface area contributed by atoms with E-state index in [-0.39, 0.29) is 17.3 Å². The summed E-state index contributed by atoms with van der Waals surface area (Å²) < 4.78 is 5.10. The summed E-state index contributed by atoms with van der Waals surface area (Å²) in [6.45, 7) is 2.56. The number of likely N-dealkylation sites (tertiary alicyclic amines) is 1. The number of carbonyl (C=O) groups excluding carboxylic acids is 2. The van der Waals surface area contributed by atoms with Gasteiger partial charge in [0, 0.05) is 29.8 Å². The number of rotatable bonds is 2. The van der Waals surface area contributed by atoms with Gasteiger partial charge >= 0.3 is 5.97 Å². The SMILES string of the molecule is O=C1CC2(CO1)CC(C(=O)N1CC3(CC(C4CCCCC4)C3)C1)C2. The minimum Gasteiger partial charge on any atom is -0.465 e. The lowest BCUT2D eigenvalue weighted by Crippen LogP contribution is -2.66. The second-order valence-electron chi connectivity index (χ2n) is 9.70. The highest BCUT2D eigenvalue weighted by molar-refractivity contribution is 5.82. The van der Waals surface area contributed by atoms with Crippen molar-refractivity contribution >= 4 is 11.9 Å². The van der Waals surface area contributed by atoms with E-state index < -0.39 is 0 Å². The molecule has 0 aromatic heterocycles. The van der Waals surface area contributed by atoms with Gasteiger partial charge in [-0.05, 0) is 37.5 Å². The molecule has 3 saturated carbocycles. The number of ether oxygens (including phenoxy) is 1. The molecule has 0 aromatic carbocycles. The van der Waals surface area contributed by atoms with Crippen LogP contribution >= 0.6 is 0 Å². The van der Waals surface area contributed by atoms with Gasteiger partial charge in [0.2, 0.25) is 5.91 Å². The molecule has 5 rings (SSSR count). The van der Waals surface area contributed by atoms with Crippen LogP contribution < -0.4 is 0 Å². The van der Waals surface area contributed by atoms with Gasteiger partial charge in [-0.3, -0.25) is 9.59 Å². The van der Waals surface area contributed by atoms with Crippen LogP contribution in [-0.2, 0) is 14.3 Å². The minimum atomic E-state index is -0.0768. The second kappa shape index (κ2) is 5.22. The maximum atomic E-state index is 12.6. The Hall–Kier alpha value is -1.06. The van der Waals surface area contributed by atoms with Crippen LogP contribution in [0.4, 0.5) is 0 Å². The standard InChI is InChI=1S/C20H29NO3/c22-17-10-19(13-24-17)8-16(9-19)18(23)21-11-20(12-21)6-15(7-20)14-4-2-1-3-5-14/h14-16H,1-13H2. The van der Waals surface area contributed by atoms with Gasteiger partial charge in [0.25, 0.3) is 0 Å². The van der Waals surface area contributed by atoms with Crippen molar-refractivity contribution in [1.29, 1.82) is 0 Å². The first-order chi connectivity index (χ1) is 11.6. The zero-order chi connectivity index (χ0) is 16.4. The lowest BCUT2D eigenvalue weighted by Gasteiger charge is -2.62. The minimum absolute atomic E-state index is 0.0164. The molecule has 0 N–H and O–H groups in total. The van der Waals surface area contributed by atoms with Crippen LogP contribution in [0.25, 0.3) is 0 Å². The molecule has 0 atom stereocenters. The van der Waals surface area contributed by atoms with E-state index in [1.54, 1.807) is 0 Å². The average molecular weight is 331 g/mol. The molecule has 0 aromatic rings. The Balaban J connectivity index is 1.08. The molecule has 3 aliphatic carbocycles. The quantitative estimate of drug-likeness (QED) is 0.730. The lowest BCUT2D eigenvalue weighted by molar-refractivity contribution is -0.170. The topological polar surface area (TPSA) is 46.6 Å². The fourth-order valence-corrected chi connectivity index (χ4v) is 6.49. The van der Waals surface area contributed by atoms with Crippen LogP contribution in [0.2, 0.25) is 0 Å². The molecule has 132 valence electrons. The Morgan fingerprint density at radius 1 is 0.958 bits per heavy atom. The summed E-state index contributed by atoms with van der Waals surface area (Å²) in [5.74, 6) is 2.38. The number of hydrogen-bond acceptors (Lipinski definition) is 3. The highest BCUT2D eigenvalue weighted by Crippen LogP contribution is 2.58. The summed E-state index contributed by atoms with van der Waals surface area (Å²) >= 11 is 0. The van der Waals surface area contributed by atoms with Crippen molar-refractivity contribution in [2.45, 2.75) is 64.2 Å².